The van der Waals surface area contributed by atoms with Crippen LogP contribution in [0.3, 0.4) is 0 Å². The third-order valence-corrected chi connectivity index (χ3v) is 5.93. The van der Waals surface area contributed by atoms with Crippen molar-refractivity contribution in [2.75, 3.05) is 18.9 Å². The fraction of sp³-hybridized carbons (Fsp3) is 0.524. The van der Waals surface area contributed by atoms with Crippen molar-refractivity contribution in [3.05, 3.63) is 29.8 Å². The number of amides is 4. The van der Waals surface area contributed by atoms with E-state index in [0.717, 1.165) is 48.4 Å². The molecule has 0 bridgehead atoms. The predicted octanol–water partition coefficient (Wildman–Crippen LogP) is 3.17. The molecule has 2 aliphatic rings. The zero-order valence-electron chi connectivity index (χ0n) is 17.7. The second-order valence-corrected chi connectivity index (χ2v) is 8.02. The Kier molecular flexibility index (Phi) is 6.47. The van der Waals surface area contributed by atoms with Crippen LogP contribution in [0.2, 0.25) is 0 Å². The van der Waals surface area contributed by atoms with Crippen LogP contribution < -0.4 is 5.32 Å². The summed E-state index contributed by atoms with van der Waals surface area (Å²) in [5.74, 6) is -2.15. The van der Waals surface area contributed by atoms with E-state index in [9.17, 15) is 32.3 Å². The molecule has 1 heterocycles. The number of ether oxygens (including phenoxy) is 1. The summed E-state index contributed by atoms with van der Waals surface area (Å²) in [4.78, 5) is 52.2. The number of urea groups is 1. The Morgan fingerprint density at radius 1 is 1.12 bits per heavy atom. The Balaban J connectivity index is 1.57. The van der Waals surface area contributed by atoms with Gasteiger partial charge >= 0.3 is 18.2 Å². The first-order valence-corrected chi connectivity index (χ1v) is 10.2. The van der Waals surface area contributed by atoms with E-state index in [1.807, 2.05) is 0 Å². The van der Waals surface area contributed by atoms with E-state index in [1.54, 1.807) is 0 Å². The number of hydrogen-bond acceptors (Lipinski definition) is 5. The number of hydrogen-bond donors (Lipinski definition) is 1. The SMILES string of the molecule is CC(OC(=O)CN1C(=O)N(C)C2(CCCCC2)C1=O)C(=O)Nc1ccc(C(F)(F)F)cc1. The van der Waals surface area contributed by atoms with Gasteiger partial charge in [0.15, 0.2) is 6.10 Å². The quantitative estimate of drug-likeness (QED) is 0.544. The van der Waals surface area contributed by atoms with Crippen molar-refractivity contribution in [3.8, 4) is 0 Å². The molecule has 1 spiro atoms. The number of rotatable bonds is 5. The molecule has 1 aromatic carbocycles. The van der Waals surface area contributed by atoms with Crippen LogP contribution in [0.25, 0.3) is 0 Å². The average Bonchev–Trinajstić information content (AvgIpc) is 2.90. The lowest BCUT2D eigenvalue weighted by Crippen LogP contribution is -2.49. The van der Waals surface area contributed by atoms with Gasteiger partial charge in [-0.15, -0.1) is 0 Å². The lowest BCUT2D eigenvalue weighted by molar-refractivity contribution is -0.155. The Hall–Kier alpha value is -3.11. The van der Waals surface area contributed by atoms with E-state index in [2.05, 4.69) is 5.32 Å². The molecule has 32 heavy (non-hydrogen) atoms. The number of nitrogens with zero attached hydrogens (tertiary/aromatic N) is 2. The molecule has 1 aliphatic heterocycles. The van der Waals surface area contributed by atoms with Gasteiger partial charge in [-0.25, -0.2) is 4.79 Å². The van der Waals surface area contributed by atoms with Crippen LogP contribution >= 0.6 is 0 Å². The first-order valence-electron chi connectivity index (χ1n) is 10.2. The van der Waals surface area contributed by atoms with Gasteiger partial charge in [-0.1, -0.05) is 19.3 Å². The molecule has 1 aromatic rings. The average molecular weight is 455 g/mol. The van der Waals surface area contributed by atoms with Crippen molar-refractivity contribution in [3.63, 3.8) is 0 Å². The minimum absolute atomic E-state index is 0.0941. The summed E-state index contributed by atoms with van der Waals surface area (Å²) in [5, 5.41) is 2.35. The third-order valence-electron chi connectivity index (χ3n) is 5.93. The van der Waals surface area contributed by atoms with Gasteiger partial charge in [0.25, 0.3) is 11.8 Å². The fourth-order valence-electron chi connectivity index (χ4n) is 4.07. The Labute approximate surface area is 182 Å². The molecule has 1 saturated carbocycles. The second kappa shape index (κ2) is 8.79. The van der Waals surface area contributed by atoms with Crippen LogP contribution in [0.5, 0.6) is 0 Å². The highest BCUT2D eigenvalue weighted by Gasteiger charge is 2.56. The molecule has 1 atom stereocenters. The maximum Gasteiger partial charge on any atom is 0.416 e. The van der Waals surface area contributed by atoms with Crippen LogP contribution in [-0.2, 0) is 25.3 Å². The maximum atomic E-state index is 12.9. The Morgan fingerprint density at radius 3 is 2.28 bits per heavy atom. The highest BCUT2D eigenvalue weighted by molar-refractivity contribution is 6.08. The molecule has 1 aliphatic carbocycles. The first kappa shape index (κ1) is 23.6. The summed E-state index contributed by atoms with van der Waals surface area (Å²) in [5.41, 5.74) is -1.70. The molecule has 174 valence electrons. The van der Waals surface area contributed by atoms with Crippen molar-refractivity contribution in [2.24, 2.45) is 0 Å². The van der Waals surface area contributed by atoms with Crippen LogP contribution in [0.15, 0.2) is 24.3 Å². The predicted molar refractivity (Wildman–Crippen MR) is 106 cm³/mol. The molecule has 1 unspecified atom stereocenters. The van der Waals surface area contributed by atoms with Crippen LogP contribution in [-0.4, -0.2) is 58.8 Å². The smallest absolute Gasteiger partial charge is 0.416 e. The largest absolute Gasteiger partial charge is 0.451 e. The number of halogens is 3. The second-order valence-electron chi connectivity index (χ2n) is 8.02. The summed E-state index contributed by atoms with van der Waals surface area (Å²) in [6, 6.07) is 3.20. The summed E-state index contributed by atoms with van der Waals surface area (Å²) >= 11 is 0. The van der Waals surface area contributed by atoms with Crippen molar-refractivity contribution < 1.29 is 37.1 Å². The number of carbonyl (C=O) groups is 4. The van der Waals surface area contributed by atoms with Gasteiger partial charge < -0.3 is 15.0 Å². The molecule has 0 aromatic heterocycles. The molecular weight excluding hydrogens is 431 g/mol. The van der Waals surface area contributed by atoms with Crippen molar-refractivity contribution in [2.45, 2.75) is 56.8 Å². The van der Waals surface area contributed by atoms with Gasteiger partial charge in [0.1, 0.15) is 12.1 Å². The lowest BCUT2D eigenvalue weighted by Gasteiger charge is -2.35. The van der Waals surface area contributed by atoms with E-state index >= 15 is 0 Å². The van der Waals surface area contributed by atoms with E-state index in [-0.39, 0.29) is 5.69 Å². The van der Waals surface area contributed by atoms with E-state index in [0.29, 0.717) is 12.8 Å². The van der Waals surface area contributed by atoms with Gasteiger partial charge in [-0.2, -0.15) is 13.2 Å². The van der Waals surface area contributed by atoms with Crippen LogP contribution in [0, 0.1) is 0 Å². The normalized spacial score (nSPS) is 19.3. The number of carbonyl (C=O) groups excluding carboxylic acids is 4. The first-order chi connectivity index (χ1) is 15.0. The molecule has 2 fully saturated rings. The molecule has 8 nitrogen and oxygen atoms in total. The maximum absolute atomic E-state index is 12.9. The molecule has 1 N–H and O–H groups in total. The zero-order valence-corrected chi connectivity index (χ0v) is 17.7. The number of benzene rings is 1. The fourth-order valence-corrected chi connectivity index (χ4v) is 4.07. The number of esters is 1. The lowest BCUT2D eigenvalue weighted by atomic mass is 9.81. The summed E-state index contributed by atoms with van der Waals surface area (Å²) in [6.45, 7) is 0.654. The number of nitrogens with one attached hydrogen (secondary N) is 1. The molecular formula is C21H24F3N3O5. The minimum Gasteiger partial charge on any atom is -0.451 e. The summed E-state index contributed by atoms with van der Waals surface area (Å²) < 4.78 is 42.9. The van der Waals surface area contributed by atoms with Gasteiger partial charge in [-0.3, -0.25) is 19.3 Å². The molecule has 4 amide bonds. The van der Waals surface area contributed by atoms with Crippen LogP contribution in [0.4, 0.5) is 23.7 Å². The van der Waals surface area contributed by atoms with Gasteiger partial charge in [0.2, 0.25) is 0 Å². The molecule has 3 rings (SSSR count). The summed E-state index contributed by atoms with van der Waals surface area (Å²) in [7, 11) is 1.54. The van der Waals surface area contributed by atoms with E-state index < -0.39 is 53.7 Å². The van der Waals surface area contributed by atoms with E-state index in [4.69, 9.17) is 4.74 Å². The standard InChI is InChI=1S/C21H24F3N3O5/c1-13(17(29)25-15-8-6-14(7-9-15)21(22,23)24)32-16(28)12-27-18(30)20(26(2)19(27)31)10-4-3-5-11-20/h6-9,13H,3-5,10-12H2,1-2H3,(H,25,29). The highest BCUT2D eigenvalue weighted by atomic mass is 19.4. The number of anilines is 1. The molecule has 0 radical (unpaired) electrons. The highest BCUT2D eigenvalue weighted by Crippen LogP contribution is 2.39. The summed E-state index contributed by atoms with van der Waals surface area (Å²) in [6.07, 6.45) is -2.13. The van der Waals surface area contributed by atoms with Crippen molar-refractivity contribution in [1.29, 1.82) is 0 Å². The van der Waals surface area contributed by atoms with Gasteiger partial charge in [0.05, 0.1) is 5.56 Å². The van der Waals surface area contributed by atoms with E-state index in [1.165, 1.54) is 18.9 Å². The van der Waals surface area contributed by atoms with Crippen LogP contribution in [0.1, 0.15) is 44.6 Å². The number of alkyl halides is 3. The Bertz CT molecular complexity index is 910. The third kappa shape index (κ3) is 4.56. The molecule has 1 saturated heterocycles. The number of likely N-dealkylation sites (N-methyl/N-ethyl adjacent to an activating group) is 1. The van der Waals surface area contributed by atoms with Crippen molar-refractivity contribution in [1.82, 2.24) is 9.80 Å². The minimum atomic E-state index is -4.50. The van der Waals surface area contributed by atoms with Gasteiger partial charge in [-0.05, 0) is 44.0 Å². The monoisotopic (exact) mass is 455 g/mol. The van der Waals surface area contributed by atoms with Gasteiger partial charge in [0, 0.05) is 12.7 Å². The zero-order chi connectivity index (χ0) is 23.7. The van der Waals surface area contributed by atoms with Crippen molar-refractivity contribution >= 4 is 29.5 Å². The Morgan fingerprint density at radius 2 is 1.72 bits per heavy atom. The number of imide groups is 1. The topological polar surface area (TPSA) is 96.0 Å². The molecule has 11 heteroatoms.